The first kappa shape index (κ1) is 5.42. The normalized spacial score (nSPS) is 17.4. The summed E-state index contributed by atoms with van der Waals surface area (Å²) in [4.78, 5) is 2.25. The zero-order chi connectivity index (χ0) is 5.82. The summed E-state index contributed by atoms with van der Waals surface area (Å²) >= 11 is 0. The molecule has 0 aromatic rings. The van der Waals surface area contributed by atoms with E-state index in [-0.39, 0.29) is 0 Å². The lowest BCUT2D eigenvalue weighted by Gasteiger charge is -2.16. The van der Waals surface area contributed by atoms with Crippen LogP contribution in [0.4, 0.5) is 0 Å². The smallest absolute Gasteiger partial charge is 0.0356 e. The van der Waals surface area contributed by atoms with Crippen molar-refractivity contribution in [3.63, 3.8) is 0 Å². The van der Waals surface area contributed by atoms with Crippen molar-refractivity contribution >= 4 is 0 Å². The van der Waals surface area contributed by atoms with Crippen LogP contribution < -0.4 is 0 Å². The van der Waals surface area contributed by atoms with Crippen LogP contribution in [0.3, 0.4) is 0 Å². The molecular formula is C7H11N. The van der Waals surface area contributed by atoms with Crippen molar-refractivity contribution in [2.75, 3.05) is 13.1 Å². The molecule has 0 unspecified atom stereocenters. The van der Waals surface area contributed by atoms with Gasteiger partial charge in [0.1, 0.15) is 0 Å². The van der Waals surface area contributed by atoms with Crippen molar-refractivity contribution in [1.82, 2.24) is 4.90 Å². The van der Waals surface area contributed by atoms with Crippen LogP contribution in [-0.2, 0) is 0 Å². The zero-order valence-electron chi connectivity index (χ0n) is 5.17. The summed E-state index contributed by atoms with van der Waals surface area (Å²) in [5, 5.41) is 0. The molecule has 1 heteroatoms. The molecule has 8 heavy (non-hydrogen) atoms. The molecule has 1 nitrogen and oxygen atoms in total. The van der Waals surface area contributed by atoms with Gasteiger partial charge in [0.05, 0.1) is 0 Å². The molecule has 0 amide bonds. The second-order valence-electron chi connectivity index (χ2n) is 1.86. The number of likely N-dealkylation sites (N-methyl/N-ethyl adjacent to an activating group) is 1. The Morgan fingerprint density at radius 2 is 2.38 bits per heavy atom. The summed E-state index contributed by atoms with van der Waals surface area (Å²) in [5.41, 5.74) is 0. The molecule has 44 valence electrons. The highest BCUT2D eigenvalue weighted by Crippen LogP contribution is 1.95. The monoisotopic (exact) mass is 109 g/mol. The zero-order valence-corrected chi connectivity index (χ0v) is 5.17. The number of hydrogen-bond acceptors (Lipinski definition) is 1. The molecule has 0 spiro atoms. The third-order valence-electron chi connectivity index (χ3n) is 1.29. The van der Waals surface area contributed by atoms with Crippen LogP contribution in [0.25, 0.3) is 0 Å². The van der Waals surface area contributed by atoms with E-state index in [4.69, 9.17) is 0 Å². The van der Waals surface area contributed by atoms with Crippen LogP contribution in [0.2, 0.25) is 0 Å². The minimum atomic E-state index is 1.08. The molecule has 0 aliphatic carbocycles. The lowest BCUT2D eigenvalue weighted by Crippen LogP contribution is -2.17. The van der Waals surface area contributed by atoms with Crippen LogP contribution in [0.15, 0.2) is 24.4 Å². The third kappa shape index (κ3) is 1.12. The summed E-state index contributed by atoms with van der Waals surface area (Å²) in [6.07, 6.45) is 8.41. The lowest BCUT2D eigenvalue weighted by atomic mass is 10.3. The van der Waals surface area contributed by atoms with Gasteiger partial charge in [-0.25, -0.2) is 0 Å². The van der Waals surface area contributed by atoms with Crippen molar-refractivity contribution in [3.05, 3.63) is 24.4 Å². The molecule has 0 saturated carbocycles. The Morgan fingerprint density at radius 1 is 1.50 bits per heavy atom. The van der Waals surface area contributed by atoms with Crippen LogP contribution >= 0.6 is 0 Å². The molecular weight excluding hydrogens is 98.1 g/mol. The summed E-state index contributed by atoms with van der Waals surface area (Å²) in [6, 6.07) is 0. The Balaban J connectivity index is 2.40. The van der Waals surface area contributed by atoms with Gasteiger partial charge < -0.3 is 4.90 Å². The predicted octanol–water partition coefficient (Wildman–Crippen LogP) is 1.39. The van der Waals surface area contributed by atoms with Crippen LogP contribution in [0.1, 0.15) is 6.92 Å². The van der Waals surface area contributed by atoms with E-state index in [1.807, 2.05) is 0 Å². The minimum Gasteiger partial charge on any atom is -0.374 e. The van der Waals surface area contributed by atoms with Crippen molar-refractivity contribution < 1.29 is 0 Å². The van der Waals surface area contributed by atoms with E-state index < -0.39 is 0 Å². The first-order valence-corrected chi connectivity index (χ1v) is 3.01. The molecule has 0 aromatic heterocycles. The minimum absolute atomic E-state index is 1.08. The molecule has 0 aromatic carbocycles. The number of hydrogen-bond donors (Lipinski definition) is 0. The molecule has 1 rings (SSSR count). The standard InChI is InChI=1S/C7H11N/c1-2-8-6-4-3-5-7-8/h3-6H,2,7H2,1H3. The van der Waals surface area contributed by atoms with Crippen molar-refractivity contribution in [3.8, 4) is 0 Å². The van der Waals surface area contributed by atoms with Gasteiger partial charge in [0.2, 0.25) is 0 Å². The predicted molar refractivity (Wildman–Crippen MR) is 35.5 cm³/mol. The van der Waals surface area contributed by atoms with Gasteiger partial charge in [-0.2, -0.15) is 0 Å². The molecule has 0 radical (unpaired) electrons. The Kier molecular flexibility index (Phi) is 1.73. The van der Waals surface area contributed by atoms with Gasteiger partial charge in [0, 0.05) is 13.1 Å². The fraction of sp³-hybridized carbons (Fsp3) is 0.429. The molecule has 0 N–H and O–H groups in total. The number of nitrogens with zero attached hydrogens (tertiary/aromatic N) is 1. The third-order valence-corrected chi connectivity index (χ3v) is 1.29. The van der Waals surface area contributed by atoms with Gasteiger partial charge >= 0.3 is 0 Å². The van der Waals surface area contributed by atoms with E-state index >= 15 is 0 Å². The molecule has 0 atom stereocenters. The fourth-order valence-electron chi connectivity index (χ4n) is 0.742. The van der Waals surface area contributed by atoms with Crippen LogP contribution in [-0.4, -0.2) is 18.0 Å². The summed E-state index contributed by atoms with van der Waals surface area (Å²) in [5.74, 6) is 0. The average molecular weight is 109 g/mol. The lowest BCUT2D eigenvalue weighted by molar-refractivity contribution is 0.436. The molecule has 1 heterocycles. The van der Waals surface area contributed by atoms with E-state index in [2.05, 4.69) is 36.3 Å². The van der Waals surface area contributed by atoms with Crippen LogP contribution in [0, 0.1) is 0 Å². The Morgan fingerprint density at radius 3 is 2.75 bits per heavy atom. The second-order valence-corrected chi connectivity index (χ2v) is 1.86. The van der Waals surface area contributed by atoms with Gasteiger partial charge in [-0.3, -0.25) is 0 Å². The van der Waals surface area contributed by atoms with Crippen molar-refractivity contribution in [2.24, 2.45) is 0 Å². The maximum Gasteiger partial charge on any atom is 0.0356 e. The SMILES string of the molecule is CCN1C=CC=CC1. The maximum atomic E-state index is 2.25. The summed E-state index contributed by atoms with van der Waals surface area (Å²) < 4.78 is 0. The largest absolute Gasteiger partial charge is 0.374 e. The molecule has 0 bridgehead atoms. The molecule has 0 saturated heterocycles. The van der Waals surface area contributed by atoms with Gasteiger partial charge in [0.15, 0.2) is 0 Å². The van der Waals surface area contributed by atoms with Gasteiger partial charge in [-0.15, -0.1) is 0 Å². The van der Waals surface area contributed by atoms with Gasteiger partial charge in [-0.05, 0) is 19.2 Å². The van der Waals surface area contributed by atoms with E-state index in [0.29, 0.717) is 0 Å². The molecule has 1 aliphatic heterocycles. The van der Waals surface area contributed by atoms with E-state index in [1.54, 1.807) is 0 Å². The Labute approximate surface area is 50.3 Å². The molecule has 0 fully saturated rings. The number of allylic oxidation sites excluding steroid dienone is 2. The highest BCUT2D eigenvalue weighted by molar-refractivity contribution is 5.08. The highest BCUT2D eigenvalue weighted by atomic mass is 15.1. The quantitative estimate of drug-likeness (QED) is 0.492. The first-order valence-electron chi connectivity index (χ1n) is 3.01. The van der Waals surface area contributed by atoms with Gasteiger partial charge in [-0.1, -0.05) is 12.2 Å². The summed E-state index contributed by atoms with van der Waals surface area (Å²) in [6.45, 7) is 4.34. The first-order chi connectivity index (χ1) is 3.93. The summed E-state index contributed by atoms with van der Waals surface area (Å²) in [7, 11) is 0. The Hall–Kier alpha value is -0.720. The topological polar surface area (TPSA) is 3.24 Å². The second kappa shape index (κ2) is 2.55. The fourth-order valence-corrected chi connectivity index (χ4v) is 0.742. The van der Waals surface area contributed by atoms with E-state index in [9.17, 15) is 0 Å². The van der Waals surface area contributed by atoms with Crippen molar-refractivity contribution in [2.45, 2.75) is 6.92 Å². The number of rotatable bonds is 1. The van der Waals surface area contributed by atoms with E-state index in [0.717, 1.165) is 13.1 Å². The van der Waals surface area contributed by atoms with Crippen molar-refractivity contribution in [1.29, 1.82) is 0 Å². The Bertz CT molecular complexity index is 114. The molecule has 1 aliphatic rings. The average Bonchev–Trinajstić information content (AvgIpc) is 1.90. The maximum absolute atomic E-state index is 2.25. The van der Waals surface area contributed by atoms with Crippen LogP contribution in [0.5, 0.6) is 0 Å². The van der Waals surface area contributed by atoms with Gasteiger partial charge in [0.25, 0.3) is 0 Å². The van der Waals surface area contributed by atoms with E-state index in [1.165, 1.54) is 0 Å². The highest BCUT2D eigenvalue weighted by Gasteiger charge is 1.91.